The zero-order valence-corrected chi connectivity index (χ0v) is 14.9. The molecule has 1 N–H and O–H groups in total. The Bertz CT molecular complexity index is 745. The average molecular weight is 340 g/mol. The lowest BCUT2D eigenvalue weighted by molar-refractivity contribution is 0.0553. The summed E-state index contributed by atoms with van der Waals surface area (Å²) in [4.78, 5) is 14.8. The van der Waals surface area contributed by atoms with E-state index in [4.69, 9.17) is 9.47 Å². The van der Waals surface area contributed by atoms with Crippen LogP contribution in [0.1, 0.15) is 29.8 Å². The molecule has 1 aliphatic rings. The van der Waals surface area contributed by atoms with Crippen LogP contribution in [0.5, 0.6) is 5.75 Å². The molecule has 1 atom stereocenters. The summed E-state index contributed by atoms with van der Waals surface area (Å²) in [5.41, 5.74) is 1.98. The predicted octanol–water partition coefficient (Wildman–Crippen LogP) is 3.47. The van der Waals surface area contributed by atoms with Gasteiger partial charge in [0, 0.05) is 19.3 Å². The first kappa shape index (κ1) is 17.3. The van der Waals surface area contributed by atoms with Crippen molar-refractivity contribution in [1.82, 2.24) is 4.90 Å². The minimum atomic E-state index is -0.606. The minimum absolute atomic E-state index is 0.0415. The maximum atomic E-state index is 12.9. The highest BCUT2D eigenvalue weighted by atomic mass is 16.5. The number of benzene rings is 2. The molecule has 0 saturated carbocycles. The van der Waals surface area contributed by atoms with Crippen molar-refractivity contribution in [2.24, 2.45) is 0 Å². The molecule has 1 aliphatic heterocycles. The summed E-state index contributed by atoms with van der Waals surface area (Å²) in [5, 5.41) is 3.54. The molecule has 25 heavy (non-hydrogen) atoms. The number of carbonyl (C=O) groups is 1. The molecule has 132 valence electrons. The van der Waals surface area contributed by atoms with Crippen molar-refractivity contribution in [3.63, 3.8) is 0 Å². The first-order valence-electron chi connectivity index (χ1n) is 8.51. The Morgan fingerprint density at radius 3 is 2.48 bits per heavy atom. The van der Waals surface area contributed by atoms with Crippen LogP contribution in [0.3, 0.4) is 0 Å². The number of hydrogen-bond donors (Lipinski definition) is 1. The predicted molar refractivity (Wildman–Crippen MR) is 97.9 cm³/mol. The summed E-state index contributed by atoms with van der Waals surface area (Å²) in [6.45, 7) is 5.70. The highest BCUT2D eigenvalue weighted by Gasteiger charge is 2.41. The topological polar surface area (TPSA) is 50.8 Å². The Hall–Kier alpha value is -2.53. The van der Waals surface area contributed by atoms with Crippen LogP contribution in [-0.4, -0.2) is 37.7 Å². The standard InChI is InChI=1S/C20H24N2O3/c1-4-22-19(23)17-7-5-6-8-18(17)21-20(22,2)15-9-11-16(12-10-15)25-14-13-24-3/h5-12,21H,4,13-14H2,1-3H3. The second-order valence-electron chi connectivity index (χ2n) is 6.16. The van der Waals surface area contributed by atoms with Gasteiger partial charge in [0.15, 0.2) is 0 Å². The van der Waals surface area contributed by atoms with Gasteiger partial charge < -0.3 is 19.7 Å². The van der Waals surface area contributed by atoms with Crippen molar-refractivity contribution < 1.29 is 14.3 Å². The van der Waals surface area contributed by atoms with Crippen LogP contribution in [0, 0.1) is 0 Å². The Morgan fingerprint density at radius 1 is 1.08 bits per heavy atom. The van der Waals surface area contributed by atoms with Gasteiger partial charge in [-0.05, 0) is 43.7 Å². The summed E-state index contributed by atoms with van der Waals surface area (Å²) >= 11 is 0. The molecule has 1 amide bonds. The van der Waals surface area contributed by atoms with Crippen LogP contribution < -0.4 is 10.1 Å². The van der Waals surface area contributed by atoms with E-state index in [1.165, 1.54) is 0 Å². The Labute approximate surface area is 148 Å². The van der Waals surface area contributed by atoms with E-state index >= 15 is 0 Å². The van der Waals surface area contributed by atoms with Gasteiger partial charge in [-0.1, -0.05) is 24.3 Å². The lowest BCUT2D eigenvalue weighted by Gasteiger charge is -2.46. The number of fused-ring (bicyclic) bond motifs is 1. The van der Waals surface area contributed by atoms with Crippen molar-refractivity contribution in [2.75, 3.05) is 32.2 Å². The van der Waals surface area contributed by atoms with Crippen LogP contribution in [0.15, 0.2) is 48.5 Å². The first-order valence-corrected chi connectivity index (χ1v) is 8.51. The molecule has 0 fully saturated rings. The van der Waals surface area contributed by atoms with E-state index in [-0.39, 0.29) is 5.91 Å². The summed E-state index contributed by atoms with van der Waals surface area (Å²) in [5.74, 6) is 0.828. The molecule has 0 radical (unpaired) electrons. The minimum Gasteiger partial charge on any atom is -0.491 e. The van der Waals surface area contributed by atoms with Crippen LogP contribution in [0.25, 0.3) is 0 Å². The molecule has 0 bridgehead atoms. The average Bonchev–Trinajstić information content (AvgIpc) is 2.63. The van der Waals surface area contributed by atoms with Gasteiger partial charge in [0.05, 0.1) is 12.2 Å². The number of rotatable bonds is 6. The normalized spacial score (nSPS) is 19.3. The lowest BCUT2D eigenvalue weighted by Crippen LogP contribution is -2.55. The van der Waals surface area contributed by atoms with Gasteiger partial charge >= 0.3 is 0 Å². The van der Waals surface area contributed by atoms with Gasteiger partial charge in [0.2, 0.25) is 0 Å². The third-order valence-electron chi connectivity index (χ3n) is 4.61. The molecule has 2 aromatic rings. The van der Waals surface area contributed by atoms with Gasteiger partial charge in [0.1, 0.15) is 18.0 Å². The van der Waals surface area contributed by atoms with E-state index in [0.29, 0.717) is 25.3 Å². The molecule has 0 aromatic heterocycles. The summed E-state index contributed by atoms with van der Waals surface area (Å²) in [7, 11) is 1.65. The van der Waals surface area contributed by atoms with Gasteiger partial charge in [-0.2, -0.15) is 0 Å². The van der Waals surface area contributed by atoms with Gasteiger partial charge in [-0.15, -0.1) is 0 Å². The van der Waals surface area contributed by atoms with Crippen LogP contribution >= 0.6 is 0 Å². The summed E-state index contributed by atoms with van der Waals surface area (Å²) in [6.07, 6.45) is 0. The molecule has 1 heterocycles. The monoisotopic (exact) mass is 340 g/mol. The number of anilines is 1. The molecular weight excluding hydrogens is 316 g/mol. The smallest absolute Gasteiger partial charge is 0.258 e. The SMILES string of the molecule is CCN1C(=O)c2ccccc2NC1(C)c1ccc(OCCOC)cc1. The molecule has 5 nitrogen and oxygen atoms in total. The van der Waals surface area contributed by atoms with Crippen LogP contribution in [0.2, 0.25) is 0 Å². The Kier molecular flexibility index (Phi) is 4.95. The Balaban J connectivity index is 1.90. The zero-order valence-electron chi connectivity index (χ0n) is 14.9. The van der Waals surface area contributed by atoms with Crippen molar-refractivity contribution in [3.8, 4) is 5.75 Å². The molecule has 0 saturated heterocycles. The summed E-state index contributed by atoms with van der Waals surface area (Å²) < 4.78 is 10.6. The largest absolute Gasteiger partial charge is 0.491 e. The Morgan fingerprint density at radius 2 is 1.80 bits per heavy atom. The highest BCUT2D eigenvalue weighted by Crippen LogP contribution is 2.37. The molecule has 0 aliphatic carbocycles. The van der Waals surface area contributed by atoms with E-state index in [1.807, 2.05) is 67.3 Å². The summed E-state index contributed by atoms with van der Waals surface area (Å²) in [6, 6.07) is 15.5. The van der Waals surface area contributed by atoms with Crippen LogP contribution in [0.4, 0.5) is 5.69 Å². The first-order chi connectivity index (χ1) is 12.1. The molecule has 3 rings (SSSR count). The number of ether oxygens (including phenoxy) is 2. The third-order valence-corrected chi connectivity index (χ3v) is 4.61. The fourth-order valence-electron chi connectivity index (χ4n) is 3.26. The second-order valence-corrected chi connectivity index (χ2v) is 6.16. The van der Waals surface area contributed by atoms with Crippen molar-refractivity contribution in [1.29, 1.82) is 0 Å². The van der Waals surface area contributed by atoms with Crippen molar-refractivity contribution >= 4 is 11.6 Å². The quantitative estimate of drug-likeness (QED) is 0.818. The maximum absolute atomic E-state index is 12.9. The molecule has 0 spiro atoms. The van der Waals surface area contributed by atoms with E-state index < -0.39 is 5.66 Å². The molecule has 5 heteroatoms. The maximum Gasteiger partial charge on any atom is 0.258 e. The van der Waals surface area contributed by atoms with Gasteiger partial charge in [-0.25, -0.2) is 0 Å². The number of para-hydroxylation sites is 1. The molecule has 1 unspecified atom stereocenters. The number of nitrogens with one attached hydrogen (secondary N) is 1. The number of carbonyl (C=O) groups excluding carboxylic acids is 1. The lowest BCUT2D eigenvalue weighted by atomic mass is 9.93. The van der Waals surface area contributed by atoms with Gasteiger partial charge in [0.25, 0.3) is 5.91 Å². The van der Waals surface area contributed by atoms with Crippen molar-refractivity contribution in [2.45, 2.75) is 19.5 Å². The van der Waals surface area contributed by atoms with E-state index in [9.17, 15) is 4.79 Å². The zero-order chi connectivity index (χ0) is 17.9. The molecular formula is C20H24N2O3. The molecule has 2 aromatic carbocycles. The number of methoxy groups -OCH3 is 1. The fraction of sp³-hybridized carbons (Fsp3) is 0.350. The fourth-order valence-corrected chi connectivity index (χ4v) is 3.26. The highest BCUT2D eigenvalue weighted by molar-refractivity contribution is 6.02. The third kappa shape index (κ3) is 3.20. The van der Waals surface area contributed by atoms with Crippen LogP contribution in [-0.2, 0) is 10.4 Å². The second kappa shape index (κ2) is 7.15. The number of amides is 1. The van der Waals surface area contributed by atoms with E-state index in [0.717, 1.165) is 17.0 Å². The van der Waals surface area contributed by atoms with Crippen molar-refractivity contribution in [3.05, 3.63) is 59.7 Å². The number of hydrogen-bond acceptors (Lipinski definition) is 4. The van der Waals surface area contributed by atoms with E-state index in [2.05, 4.69) is 5.32 Å². The van der Waals surface area contributed by atoms with Gasteiger partial charge in [-0.3, -0.25) is 4.79 Å². The van der Waals surface area contributed by atoms with E-state index in [1.54, 1.807) is 7.11 Å². The number of nitrogens with zero attached hydrogens (tertiary/aromatic N) is 1.